The van der Waals surface area contributed by atoms with Gasteiger partial charge < -0.3 is 16.0 Å². The third kappa shape index (κ3) is 2.93. The maximum absolute atomic E-state index is 12.5. The topological polar surface area (TPSA) is 58.4 Å². The van der Waals surface area contributed by atoms with E-state index in [2.05, 4.69) is 33.2 Å². The molecule has 21 heavy (non-hydrogen) atoms. The lowest BCUT2D eigenvalue weighted by atomic mass is 10.1. The van der Waals surface area contributed by atoms with Crippen LogP contribution in [0.2, 0.25) is 0 Å². The standard InChI is InChI=1S/C15H18BrN3OS/c1-19-7-5-9(6-8-19)18-15(20)14-13(17)12-10(16)3-2-4-11(12)21-14/h2-4,9H,5-8,17H2,1H3,(H,18,20). The first-order valence-corrected chi connectivity index (χ1v) is 8.63. The molecule has 1 aliphatic heterocycles. The Morgan fingerprint density at radius 1 is 1.43 bits per heavy atom. The number of fused-ring (bicyclic) bond motifs is 1. The second-order valence-electron chi connectivity index (χ2n) is 5.51. The molecule has 0 bridgehead atoms. The van der Waals surface area contributed by atoms with Crippen molar-refractivity contribution in [2.45, 2.75) is 18.9 Å². The Morgan fingerprint density at radius 2 is 2.14 bits per heavy atom. The number of thiophene rings is 1. The molecule has 0 aliphatic carbocycles. The second kappa shape index (κ2) is 5.94. The molecule has 1 saturated heterocycles. The highest BCUT2D eigenvalue weighted by Gasteiger charge is 2.22. The van der Waals surface area contributed by atoms with E-state index in [9.17, 15) is 4.79 Å². The molecule has 0 spiro atoms. The highest BCUT2D eigenvalue weighted by atomic mass is 79.9. The molecule has 0 unspecified atom stereocenters. The van der Waals surface area contributed by atoms with E-state index in [1.807, 2.05) is 18.2 Å². The average molecular weight is 368 g/mol. The number of likely N-dealkylation sites (tertiary alicyclic amines) is 1. The van der Waals surface area contributed by atoms with Crippen molar-refractivity contribution in [1.82, 2.24) is 10.2 Å². The number of amides is 1. The van der Waals surface area contributed by atoms with Crippen LogP contribution in [0.5, 0.6) is 0 Å². The summed E-state index contributed by atoms with van der Waals surface area (Å²) in [6, 6.07) is 6.15. The van der Waals surface area contributed by atoms with E-state index >= 15 is 0 Å². The van der Waals surface area contributed by atoms with E-state index in [1.54, 1.807) is 0 Å². The van der Waals surface area contributed by atoms with Crippen molar-refractivity contribution in [3.63, 3.8) is 0 Å². The van der Waals surface area contributed by atoms with Crippen LogP contribution in [0.4, 0.5) is 5.69 Å². The number of piperidine rings is 1. The number of anilines is 1. The summed E-state index contributed by atoms with van der Waals surface area (Å²) in [5.74, 6) is -0.0462. The van der Waals surface area contributed by atoms with E-state index in [4.69, 9.17) is 5.73 Å². The molecule has 1 amide bonds. The summed E-state index contributed by atoms with van der Waals surface area (Å²) < 4.78 is 1.97. The molecule has 3 rings (SSSR count). The number of halogens is 1. The maximum Gasteiger partial charge on any atom is 0.263 e. The largest absolute Gasteiger partial charge is 0.397 e. The Labute approximate surface area is 136 Å². The Hall–Kier alpha value is -1.11. The lowest BCUT2D eigenvalue weighted by Gasteiger charge is -2.29. The highest BCUT2D eigenvalue weighted by Crippen LogP contribution is 2.38. The van der Waals surface area contributed by atoms with Gasteiger partial charge in [-0.2, -0.15) is 0 Å². The summed E-state index contributed by atoms with van der Waals surface area (Å²) >= 11 is 4.96. The number of nitrogens with zero attached hydrogens (tertiary/aromatic N) is 1. The van der Waals surface area contributed by atoms with E-state index in [0.717, 1.165) is 40.5 Å². The van der Waals surface area contributed by atoms with Gasteiger partial charge in [-0.1, -0.05) is 22.0 Å². The van der Waals surface area contributed by atoms with Crippen LogP contribution in [-0.4, -0.2) is 37.0 Å². The van der Waals surface area contributed by atoms with Gasteiger partial charge in [0.25, 0.3) is 5.91 Å². The lowest BCUT2D eigenvalue weighted by Crippen LogP contribution is -2.43. The molecule has 0 atom stereocenters. The molecule has 6 heteroatoms. The number of benzene rings is 1. The van der Waals surface area contributed by atoms with Crippen LogP contribution in [0.1, 0.15) is 22.5 Å². The van der Waals surface area contributed by atoms with Crippen molar-refractivity contribution in [2.24, 2.45) is 0 Å². The van der Waals surface area contributed by atoms with Crippen LogP contribution in [0.15, 0.2) is 22.7 Å². The van der Waals surface area contributed by atoms with Crippen LogP contribution in [0.3, 0.4) is 0 Å². The first-order valence-electron chi connectivity index (χ1n) is 7.02. The number of nitrogen functional groups attached to an aromatic ring is 1. The van der Waals surface area contributed by atoms with Crippen LogP contribution in [0, 0.1) is 0 Å². The minimum Gasteiger partial charge on any atom is -0.397 e. The van der Waals surface area contributed by atoms with Gasteiger partial charge >= 0.3 is 0 Å². The molecular formula is C15H18BrN3OS. The first kappa shape index (κ1) is 14.8. The number of rotatable bonds is 2. The van der Waals surface area contributed by atoms with Crippen molar-refractivity contribution >= 4 is 48.9 Å². The Kier molecular flexibility index (Phi) is 4.19. The SMILES string of the molecule is CN1CCC(NC(=O)c2sc3cccc(Br)c3c2N)CC1. The van der Waals surface area contributed by atoms with Gasteiger partial charge in [0.05, 0.1) is 5.69 Å². The zero-order valence-corrected chi connectivity index (χ0v) is 14.3. The second-order valence-corrected chi connectivity index (χ2v) is 7.42. The normalized spacial score (nSPS) is 17.2. The number of carbonyl (C=O) groups excluding carboxylic acids is 1. The summed E-state index contributed by atoms with van der Waals surface area (Å²) in [7, 11) is 2.11. The zero-order valence-electron chi connectivity index (χ0n) is 11.9. The first-order chi connectivity index (χ1) is 10.1. The van der Waals surface area contributed by atoms with E-state index in [1.165, 1.54) is 11.3 Å². The fourth-order valence-corrected chi connectivity index (χ4v) is 4.46. The van der Waals surface area contributed by atoms with Gasteiger partial charge in [-0.25, -0.2) is 0 Å². The summed E-state index contributed by atoms with van der Waals surface area (Å²) in [5.41, 5.74) is 6.76. The average Bonchev–Trinajstić information content (AvgIpc) is 2.80. The number of hydrogen-bond acceptors (Lipinski definition) is 4. The molecule has 1 aromatic carbocycles. The summed E-state index contributed by atoms with van der Waals surface area (Å²) in [4.78, 5) is 15.4. The summed E-state index contributed by atoms with van der Waals surface area (Å²) in [6.07, 6.45) is 1.99. The maximum atomic E-state index is 12.5. The van der Waals surface area contributed by atoms with Crippen LogP contribution < -0.4 is 11.1 Å². The van der Waals surface area contributed by atoms with Crippen molar-refractivity contribution in [2.75, 3.05) is 25.9 Å². The Morgan fingerprint density at radius 3 is 2.81 bits per heavy atom. The van der Waals surface area contributed by atoms with Gasteiger partial charge in [0.2, 0.25) is 0 Å². The van der Waals surface area contributed by atoms with Crippen LogP contribution in [-0.2, 0) is 0 Å². The third-order valence-electron chi connectivity index (χ3n) is 3.96. The Bertz CT molecular complexity index is 677. The van der Waals surface area contributed by atoms with Gasteiger partial charge in [0.15, 0.2) is 0 Å². The molecular weight excluding hydrogens is 350 g/mol. The summed E-state index contributed by atoms with van der Waals surface area (Å²) in [5, 5.41) is 4.07. The van der Waals surface area contributed by atoms with Crippen LogP contribution in [0.25, 0.3) is 10.1 Å². The van der Waals surface area contributed by atoms with Gasteiger partial charge in [0, 0.05) is 20.6 Å². The molecule has 1 fully saturated rings. The molecule has 1 aromatic heterocycles. The molecule has 2 aromatic rings. The fraction of sp³-hybridized carbons (Fsp3) is 0.400. The number of nitrogens with one attached hydrogen (secondary N) is 1. The highest BCUT2D eigenvalue weighted by molar-refractivity contribution is 9.10. The van der Waals surface area contributed by atoms with Crippen molar-refractivity contribution in [1.29, 1.82) is 0 Å². The quantitative estimate of drug-likeness (QED) is 0.857. The fourth-order valence-electron chi connectivity index (χ4n) is 2.70. The third-order valence-corrected chi connectivity index (χ3v) is 5.79. The van der Waals surface area contributed by atoms with E-state index in [-0.39, 0.29) is 11.9 Å². The molecule has 4 nitrogen and oxygen atoms in total. The predicted molar refractivity (Wildman–Crippen MR) is 91.9 cm³/mol. The molecule has 3 N–H and O–H groups in total. The van der Waals surface area contributed by atoms with Crippen molar-refractivity contribution in [3.8, 4) is 0 Å². The Balaban J connectivity index is 1.82. The monoisotopic (exact) mass is 367 g/mol. The van der Waals surface area contributed by atoms with Gasteiger partial charge in [-0.05, 0) is 45.1 Å². The molecule has 112 valence electrons. The van der Waals surface area contributed by atoms with Crippen molar-refractivity contribution < 1.29 is 4.79 Å². The minimum absolute atomic E-state index is 0.0462. The smallest absolute Gasteiger partial charge is 0.263 e. The van der Waals surface area contributed by atoms with E-state index < -0.39 is 0 Å². The molecule has 2 heterocycles. The molecule has 0 radical (unpaired) electrons. The zero-order chi connectivity index (χ0) is 15.0. The van der Waals surface area contributed by atoms with E-state index in [0.29, 0.717) is 10.6 Å². The number of carbonyl (C=O) groups is 1. The number of nitrogens with two attached hydrogens (primary N) is 1. The van der Waals surface area contributed by atoms with Gasteiger partial charge in [0.1, 0.15) is 4.88 Å². The van der Waals surface area contributed by atoms with Crippen LogP contribution >= 0.6 is 27.3 Å². The molecule has 0 saturated carbocycles. The number of hydrogen-bond donors (Lipinski definition) is 2. The lowest BCUT2D eigenvalue weighted by molar-refractivity contribution is 0.0922. The summed E-state index contributed by atoms with van der Waals surface area (Å²) in [6.45, 7) is 2.05. The van der Waals surface area contributed by atoms with Gasteiger partial charge in [-0.15, -0.1) is 11.3 Å². The van der Waals surface area contributed by atoms with Gasteiger partial charge in [-0.3, -0.25) is 4.79 Å². The minimum atomic E-state index is -0.0462. The molecule has 1 aliphatic rings. The van der Waals surface area contributed by atoms with Crippen molar-refractivity contribution in [3.05, 3.63) is 27.5 Å². The predicted octanol–water partition coefficient (Wildman–Crippen LogP) is 3.07.